The molecule has 2 heterocycles. The lowest BCUT2D eigenvalue weighted by Gasteiger charge is -2.33. The van der Waals surface area contributed by atoms with E-state index in [9.17, 15) is 26.7 Å². The van der Waals surface area contributed by atoms with E-state index in [4.69, 9.17) is 14.2 Å². The van der Waals surface area contributed by atoms with Crippen molar-refractivity contribution in [2.24, 2.45) is 23.7 Å². The van der Waals surface area contributed by atoms with Crippen LogP contribution in [0.15, 0.2) is 59.5 Å². The molecule has 0 radical (unpaired) electrons. The van der Waals surface area contributed by atoms with Gasteiger partial charge >= 0.3 is 5.97 Å². The third kappa shape index (κ3) is 8.31. The Bertz CT molecular complexity index is 1400. The maximum Gasteiger partial charge on any atom is 0.306 e. The molecule has 1 N–H and O–H groups in total. The number of hydrogen-bond donors (Lipinski definition) is 1. The second-order valence-corrected chi connectivity index (χ2v) is 15.8. The van der Waals surface area contributed by atoms with E-state index >= 15 is 0 Å². The lowest BCUT2D eigenvalue weighted by Crippen LogP contribution is -2.44. The highest BCUT2D eigenvalue weighted by Crippen LogP contribution is 2.34. The van der Waals surface area contributed by atoms with Crippen molar-refractivity contribution in [1.82, 2.24) is 4.31 Å². The number of esters is 1. The SMILES string of the molecule is COc1ccc(S(=O)(=O)N(CC(C)C)C[C@@H](O)[C@@H](CC(=O)OC2COCC3CS(=O)(=O)CC32)Cc2ccccc2)cc1. The van der Waals surface area contributed by atoms with Gasteiger partial charge in [0.25, 0.3) is 0 Å². The summed E-state index contributed by atoms with van der Waals surface area (Å²) in [4.78, 5) is 13.3. The van der Waals surface area contributed by atoms with E-state index in [0.29, 0.717) is 18.8 Å². The fourth-order valence-corrected chi connectivity index (χ4v) is 9.56. The molecule has 0 bridgehead atoms. The van der Waals surface area contributed by atoms with E-state index in [1.807, 2.05) is 44.2 Å². The Morgan fingerprint density at radius 1 is 1.05 bits per heavy atom. The van der Waals surface area contributed by atoms with Crippen molar-refractivity contribution in [3.05, 3.63) is 60.2 Å². The molecular formula is C30H41NO9S2. The van der Waals surface area contributed by atoms with E-state index in [-0.39, 0.29) is 60.3 Å². The van der Waals surface area contributed by atoms with Crippen molar-refractivity contribution in [1.29, 1.82) is 0 Å². The topological polar surface area (TPSA) is 137 Å². The van der Waals surface area contributed by atoms with Crippen molar-refractivity contribution in [2.75, 3.05) is 44.9 Å². The molecule has 5 atom stereocenters. The first-order valence-corrected chi connectivity index (χ1v) is 17.5. The van der Waals surface area contributed by atoms with Crippen molar-refractivity contribution < 1.29 is 40.9 Å². The minimum atomic E-state index is -3.97. The van der Waals surface area contributed by atoms with Crippen LogP contribution >= 0.6 is 0 Å². The fourth-order valence-electron chi connectivity index (χ4n) is 5.73. The average Bonchev–Trinajstić information content (AvgIpc) is 3.27. The zero-order valence-corrected chi connectivity index (χ0v) is 25.9. The van der Waals surface area contributed by atoms with Crippen LogP contribution in [0.1, 0.15) is 25.8 Å². The predicted molar refractivity (Wildman–Crippen MR) is 157 cm³/mol. The monoisotopic (exact) mass is 623 g/mol. The summed E-state index contributed by atoms with van der Waals surface area (Å²) in [5.74, 6) is -1.28. The number of carbonyl (C=O) groups is 1. The van der Waals surface area contributed by atoms with E-state index < -0.39 is 44.0 Å². The molecule has 232 valence electrons. The lowest BCUT2D eigenvalue weighted by atomic mass is 9.89. The fraction of sp³-hybridized carbons (Fsp3) is 0.567. The van der Waals surface area contributed by atoms with Gasteiger partial charge in [-0.2, -0.15) is 4.31 Å². The van der Waals surface area contributed by atoms with Gasteiger partial charge in [0.15, 0.2) is 9.84 Å². The van der Waals surface area contributed by atoms with E-state index in [1.54, 1.807) is 12.1 Å². The number of sulfonamides is 1. The second-order valence-electron chi connectivity index (χ2n) is 11.7. The molecule has 2 aromatic carbocycles. The highest BCUT2D eigenvalue weighted by atomic mass is 32.2. The second kappa shape index (κ2) is 13.9. The average molecular weight is 624 g/mol. The molecule has 4 rings (SSSR count). The summed E-state index contributed by atoms with van der Waals surface area (Å²) >= 11 is 0. The van der Waals surface area contributed by atoms with Gasteiger partial charge in [-0.1, -0.05) is 44.2 Å². The van der Waals surface area contributed by atoms with Crippen LogP contribution in [0.5, 0.6) is 5.75 Å². The number of fused-ring (bicyclic) bond motifs is 1. The molecule has 2 saturated heterocycles. The van der Waals surface area contributed by atoms with Crippen molar-refractivity contribution in [3.8, 4) is 5.75 Å². The lowest BCUT2D eigenvalue weighted by molar-refractivity contribution is -0.164. The molecule has 2 aromatic rings. The number of benzene rings is 2. The number of aliphatic hydroxyl groups is 1. The quantitative estimate of drug-likeness (QED) is 0.334. The van der Waals surface area contributed by atoms with E-state index in [2.05, 4.69) is 0 Å². The number of rotatable bonds is 13. The molecule has 2 aliphatic heterocycles. The van der Waals surface area contributed by atoms with Crippen molar-refractivity contribution in [2.45, 2.75) is 43.8 Å². The molecular weight excluding hydrogens is 582 g/mol. The Morgan fingerprint density at radius 2 is 1.74 bits per heavy atom. The smallest absolute Gasteiger partial charge is 0.306 e. The Labute approximate surface area is 248 Å². The largest absolute Gasteiger partial charge is 0.497 e. The zero-order valence-electron chi connectivity index (χ0n) is 24.3. The summed E-state index contributed by atoms with van der Waals surface area (Å²) in [6.45, 7) is 4.19. The molecule has 42 heavy (non-hydrogen) atoms. The highest BCUT2D eigenvalue weighted by molar-refractivity contribution is 7.91. The Kier molecular flexibility index (Phi) is 10.7. The van der Waals surface area contributed by atoms with Gasteiger partial charge in [-0.15, -0.1) is 0 Å². The standard InChI is InChI=1S/C30H41NO9S2/c1-21(2)15-31(42(36,37)26-11-9-25(38-3)10-12-26)16-28(32)23(13-22-7-5-4-6-8-22)14-30(33)40-29-18-39-17-24-19-41(34,35)20-27(24)29/h4-12,21,23-24,27-29,32H,13-20H2,1-3H3/t23-,24?,27?,28-,29?/m1/s1. The van der Waals surface area contributed by atoms with Gasteiger partial charge in [-0.3, -0.25) is 4.79 Å². The minimum absolute atomic E-state index is 0.0232. The molecule has 2 aliphatic rings. The predicted octanol–water partition coefficient (Wildman–Crippen LogP) is 2.55. The molecule has 2 fully saturated rings. The van der Waals surface area contributed by atoms with Gasteiger partial charge in [0.1, 0.15) is 11.9 Å². The molecule has 12 heteroatoms. The molecule has 0 amide bonds. The minimum Gasteiger partial charge on any atom is -0.497 e. The van der Waals surface area contributed by atoms with E-state index in [0.717, 1.165) is 5.56 Å². The summed E-state index contributed by atoms with van der Waals surface area (Å²) < 4.78 is 69.4. The third-order valence-corrected chi connectivity index (χ3v) is 11.5. The van der Waals surface area contributed by atoms with Crippen LogP contribution in [-0.4, -0.2) is 89.3 Å². The van der Waals surface area contributed by atoms with Gasteiger partial charge in [-0.25, -0.2) is 16.8 Å². The summed E-state index contributed by atoms with van der Waals surface area (Å²) in [7, 11) is -5.69. The van der Waals surface area contributed by atoms with Gasteiger partial charge in [0.05, 0.1) is 49.2 Å². The maximum absolute atomic E-state index is 13.6. The van der Waals surface area contributed by atoms with Gasteiger partial charge < -0.3 is 19.3 Å². The first-order valence-electron chi connectivity index (χ1n) is 14.2. The highest BCUT2D eigenvalue weighted by Gasteiger charge is 2.46. The number of aliphatic hydroxyl groups excluding tert-OH is 1. The van der Waals surface area contributed by atoms with Crippen LogP contribution < -0.4 is 4.74 Å². The molecule has 0 aliphatic carbocycles. The van der Waals surface area contributed by atoms with Crippen LogP contribution in [0.2, 0.25) is 0 Å². The first kappa shape index (κ1) is 32.4. The van der Waals surface area contributed by atoms with Gasteiger partial charge in [0, 0.05) is 30.8 Å². The van der Waals surface area contributed by atoms with Gasteiger partial charge in [0.2, 0.25) is 10.0 Å². The van der Waals surface area contributed by atoms with Crippen LogP contribution in [-0.2, 0) is 40.5 Å². The molecule has 0 aromatic heterocycles. The summed E-state index contributed by atoms with van der Waals surface area (Å²) in [6.07, 6.45) is -1.73. The Hall–Kier alpha value is -2.51. The Morgan fingerprint density at radius 3 is 2.38 bits per heavy atom. The van der Waals surface area contributed by atoms with Crippen LogP contribution in [0.4, 0.5) is 0 Å². The van der Waals surface area contributed by atoms with Crippen molar-refractivity contribution >= 4 is 25.8 Å². The summed E-state index contributed by atoms with van der Waals surface area (Å²) in [6, 6.07) is 15.4. The van der Waals surface area contributed by atoms with Crippen LogP contribution in [0.25, 0.3) is 0 Å². The van der Waals surface area contributed by atoms with Crippen LogP contribution in [0, 0.1) is 23.7 Å². The third-order valence-electron chi connectivity index (χ3n) is 7.86. The number of methoxy groups -OCH3 is 1. The maximum atomic E-state index is 13.6. The summed E-state index contributed by atoms with van der Waals surface area (Å²) in [5.41, 5.74) is 0.880. The molecule has 10 nitrogen and oxygen atoms in total. The normalized spacial score (nSPS) is 23.3. The zero-order chi connectivity index (χ0) is 30.5. The van der Waals surface area contributed by atoms with Crippen LogP contribution in [0.3, 0.4) is 0 Å². The number of sulfone groups is 1. The molecule has 3 unspecified atom stereocenters. The number of carbonyl (C=O) groups excluding carboxylic acids is 1. The van der Waals surface area contributed by atoms with E-state index in [1.165, 1.54) is 23.5 Å². The number of nitrogens with zero attached hydrogens (tertiary/aromatic N) is 1. The number of hydrogen-bond acceptors (Lipinski definition) is 9. The number of ether oxygens (including phenoxy) is 3. The van der Waals surface area contributed by atoms with Gasteiger partial charge in [-0.05, 0) is 42.2 Å². The van der Waals surface area contributed by atoms with Crippen molar-refractivity contribution in [3.63, 3.8) is 0 Å². The molecule has 0 spiro atoms. The summed E-state index contributed by atoms with van der Waals surface area (Å²) in [5, 5.41) is 11.5. The molecule has 0 saturated carbocycles. The Balaban J connectivity index is 1.52. The first-order chi connectivity index (χ1) is 19.9.